The Morgan fingerprint density at radius 1 is 1.06 bits per heavy atom. The third-order valence-corrected chi connectivity index (χ3v) is 7.56. The molecule has 8 heteroatoms. The van der Waals surface area contributed by atoms with Gasteiger partial charge in [-0.05, 0) is 55.0 Å². The summed E-state index contributed by atoms with van der Waals surface area (Å²) in [5.41, 5.74) is 4.19. The zero-order chi connectivity index (χ0) is 23.1. The lowest BCUT2D eigenvalue weighted by molar-refractivity contribution is -0.114. The van der Waals surface area contributed by atoms with Crippen LogP contribution >= 0.6 is 23.1 Å². The largest absolute Gasteiger partial charge is 0.454 e. The molecule has 2 aliphatic rings. The van der Waals surface area contributed by atoms with Crippen molar-refractivity contribution in [3.8, 4) is 11.5 Å². The fraction of sp³-hybridized carbons (Fsp3) is 0.115. The maximum Gasteiger partial charge on any atom is 0.282 e. The van der Waals surface area contributed by atoms with Crippen LogP contribution in [-0.2, 0) is 4.79 Å². The lowest BCUT2D eigenvalue weighted by Gasteiger charge is -2.06. The van der Waals surface area contributed by atoms with E-state index in [1.54, 1.807) is 11.8 Å². The number of aromatic nitrogens is 1. The van der Waals surface area contributed by atoms with Crippen molar-refractivity contribution in [3.63, 3.8) is 0 Å². The average molecular weight is 486 g/mol. The summed E-state index contributed by atoms with van der Waals surface area (Å²) in [5, 5.41) is 6.71. The molecule has 34 heavy (non-hydrogen) atoms. The van der Waals surface area contributed by atoms with E-state index in [-0.39, 0.29) is 12.7 Å². The normalized spacial score (nSPS) is 16.0. The van der Waals surface area contributed by atoms with Crippen molar-refractivity contribution in [1.29, 1.82) is 0 Å². The first-order valence-electron chi connectivity index (χ1n) is 10.7. The summed E-state index contributed by atoms with van der Waals surface area (Å²) in [4.78, 5) is 19.3. The Hall–Kier alpha value is -3.62. The number of nitrogens with zero attached hydrogens (tertiary/aromatic N) is 3. The number of fused-ring (bicyclic) bond motifs is 2. The van der Waals surface area contributed by atoms with Gasteiger partial charge >= 0.3 is 0 Å². The molecule has 1 aromatic heterocycles. The molecule has 168 valence electrons. The molecule has 0 fully saturated rings. The monoisotopic (exact) mass is 485 g/mol. The van der Waals surface area contributed by atoms with Gasteiger partial charge in [0.2, 0.25) is 11.9 Å². The molecule has 0 saturated heterocycles. The molecule has 0 radical (unpaired) electrons. The van der Waals surface area contributed by atoms with Crippen LogP contribution in [0.25, 0.3) is 16.3 Å². The highest BCUT2D eigenvalue weighted by Gasteiger charge is 2.33. The van der Waals surface area contributed by atoms with Gasteiger partial charge in [-0.1, -0.05) is 47.2 Å². The molecular formula is C26H19N3O3S2. The van der Waals surface area contributed by atoms with E-state index in [1.807, 2.05) is 48.5 Å². The number of ether oxygens (including phenoxy) is 2. The van der Waals surface area contributed by atoms with Crippen molar-refractivity contribution in [3.05, 3.63) is 83.4 Å². The summed E-state index contributed by atoms with van der Waals surface area (Å²) in [6, 6.07) is 21.8. The molecule has 6 nitrogen and oxygen atoms in total. The Bertz CT molecular complexity index is 1440. The van der Waals surface area contributed by atoms with Crippen LogP contribution in [0.3, 0.4) is 0 Å². The van der Waals surface area contributed by atoms with Crippen molar-refractivity contribution >= 4 is 56.1 Å². The number of carbonyl (C=O) groups excluding carboxylic acids is 1. The molecule has 3 heterocycles. The maximum absolute atomic E-state index is 13.5. The lowest BCUT2D eigenvalue weighted by atomic mass is 10.1. The smallest absolute Gasteiger partial charge is 0.282 e. The first-order chi connectivity index (χ1) is 16.6. The molecule has 0 aliphatic carbocycles. The minimum atomic E-state index is -0.184. The summed E-state index contributed by atoms with van der Waals surface area (Å²) >= 11 is 3.11. The third-order valence-electron chi connectivity index (χ3n) is 5.52. The predicted molar refractivity (Wildman–Crippen MR) is 137 cm³/mol. The molecule has 2 aliphatic heterocycles. The summed E-state index contributed by atoms with van der Waals surface area (Å²) in [7, 11) is 0. The van der Waals surface area contributed by atoms with Gasteiger partial charge < -0.3 is 9.47 Å². The number of carbonyl (C=O) groups is 1. The fourth-order valence-corrected chi connectivity index (χ4v) is 5.51. The summed E-state index contributed by atoms with van der Waals surface area (Å²) in [5.74, 6) is 1.76. The van der Waals surface area contributed by atoms with Crippen molar-refractivity contribution < 1.29 is 14.3 Å². The van der Waals surface area contributed by atoms with E-state index in [1.165, 1.54) is 21.9 Å². The van der Waals surface area contributed by atoms with Crippen LogP contribution in [0.15, 0.2) is 82.3 Å². The van der Waals surface area contributed by atoms with Gasteiger partial charge in [0.05, 0.1) is 21.5 Å². The zero-order valence-electron chi connectivity index (χ0n) is 18.2. The first kappa shape index (κ1) is 20.9. The summed E-state index contributed by atoms with van der Waals surface area (Å²) in [6.45, 7) is 2.27. The Kier molecular flexibility index (Phi) is 5.31. The quantitative estimate of drug-likeness (QED) is 0.260. The van der Waals surface area contributed by atoms with Crippen molar-refractivity contribution in [1.82, 2.24) is 4.98 Å². The number of thioether (sulfide) groups is 1. The van der Waals surface area contributed by atoms with E-state index in [2.05, 4.69) is 36.2 Å². The molecule has 0 bridgehead atoms. The number of rotatable bonds is 5. The maximum atomic E-state index is 13.5. The highest BCUT2D eigenvalue weighted by atomic mass is 32.2. The van der Waals surface area contributed by atoms with Gasteiger partial charge in [-0.15, -0.1) is 11.8 Å². The average Bonchev–Trinajstić information content (AvgIpc) is 3.56. The molecule has 0 saturated carbocycles. The number of benzene rings is 3. The number of aryl methyl sites for hydroxylation is 1. The highest BCUT2D eigenvalue weighted by molar-refractivity contribution is 8.00. The minimum Gasteiger partial charge on any atom is -0.454 e. The van der Waals surface area contributed by atoms with Gasteiger partial charge in [-0.2, -0.15) is 10.1 Å². The second-order valence-electron chi connectivity index (χ2n) is 7.90. The van der Waals surface area contributed by atoms with E-state index in [4.69, 9.17) is 14.6 Å². The number of hydrogen-bond acceptors (Lipinski definition) is 7. The van der Waals surface area contributed by atoms with E-state index in [0.29, 0.717) is 33.7 Å². The van der Waals surface area contributed by atoms with Crippen LogP contribution in [0, 0.1) is 6.92 Å². The third kappa shape index (κ3) is 3.95. The van der Waals surface area contributed by atoms with E-state index >= 15 is 0 Å². The topological polar surface area (TPSA) is 64.0 Å². The molecule has 4 aromatic rings. The number of thiazole rings is 1. The Labute approximate surface area is 204 Å². The van der Waals surface area contributed by atoms with E-state index in [0.717, 1.165) is 20.7 Å². The predicted octanol–water partition coefficient (Wildman–Crippen LogP) is 5.91. The van der Waals surface area contributed by atoms with E-state index in [9.17, 15) is 4.79 Å². The number of anilines is 1. The zero-order valence-corrected chi connectivity index (χ0v) is 19.9. The number of para-hydroxylation sites is 1. The minimum absolute atomic E-state index is 0.184. The molecule has 1 amide bonds. The number of hydrogen-bond donors (Lipinski definition) is 0. The second-order valence-corrected chi connectivity index (χ2v) is 9.96. The van der Waals surface area contributed by atoms with Crippen LogP contribution in [0.2, 0.25) is 0 Å². The molecule has 6 rings (SSSR count). The standard InChI is InChI=1S/C26H19N3O3S2/c1-16-6-9-18(10-7-16)33-14-21-19(12-17-8-11-22-23(13-17)32-15-31-22)25(30)29(28-21)26-27-20-4-2-3-5-24(20)34-26/h2-13H,14-15H2,1H3/b19-12-. The van der Waals surface area contributed by atoms with Crippen LogP contribution < -0.4 is 14.5 Å². The van der Waals surface area contributed by atoms with Gasteiger partial charge in [0.25, 0.3) is 5.91 Å². The molecule has 3 aromatic carbocycles. The Morgan fingerprint density at radius 2 is 1.88 bits per heavy atom. The van der Waals surface area contributed by atoms with Crippen LogP contribution in [-0.4, -0.2) is 29.1 Å². The van der Waals surface area contributed by atoms with Crippen LogP contribution in [0.1, 0.15) is 11.1 Å². The Balaban J connectivity index is 1.35. The number of hydrazone groups is 1. The molecule has 0 atom stereocenters. The van der Waals surface area contributed by atoms with Crippen LogP contribution in [0.4, 0.5) is 5.13 Å². The van der Waals surface area contributed by atoms with Gasteiger partial charge in [0, 0.05) is 10.6 Å². The fourth-order valence-electron chi connectivity index (χ4n) is 3.75. The van der Waals surface area contributed by atoms with E-state index < -0.39 is 0 Å². The molecule has 0 spiro atoms. The number of amides is 1. The van der Waals surface area contributed by atoms with Crippen molar-refractivity contribution in [2.45, 2.75) is 11.8 Å². The summed E-state index contributed by atoms with van der Waals surface area (Å²) < 4.78 is 11.9. The molecular weight excluding hydrogens is 466 g/mol. The first-order valence-corrected chi connectivity index (χ1v) is 12.5. The van der Waals surface area contributed by atoms with Gasteiger partial charge in [-0.3, -0.25) is 4.79 Å². The Morgan fingerprint density at radius 3 is 2.74 bits per heavy atom. The lowest BCUT2D eigenvalue weighted by Crippen LogP contribution is -2.21. The van der Waals surface area contributed by atoms with Gasteiger partial charge in [-0.25, -0.2) is 4.98 Å². The van der Waals surface area contributed by atoms with Crippen molar-refractivity contribution in [2.75, 3.05) is 17.6 Å². The van der Waals surface area contributed by atoms with Crippen molar-refractivity contribution in [2.24, 2.45) is 5.10 Å². The highest BCUT2D eigenvalue weighted by Crippen LogP contribution is 2.36. The second kappa shape index (κ2) is 8.62. The van der Waals surface area contributed by atoms with Gasteiger partial charge in [0.1, 0.15) is 0 Å². The van der Waals surface area contributed by atoms with Crippen LogP contribution in [0.5, 0.6) is 11.5 Å². The molecule has 0 N–H and O–H groups in total. The summed E-state index contributed by atoms with van der Waals surface area (Å²) in [6.07, 6.45) is 1.87. The SMILES string of the molecule is Cc1ccc(SCC2=NN(c3nc4ccccc4s3)C(=O)/C2=C\c2ccc3c(c2)OCO3)cc1. The molecule has 0 unspecified atom stereocenters. The van der Waals surface area contributed by atoms with Gasteiger partial charge in [0.15, 0.2) is 11.5 Å².